The summed E-state index contributed by atoms with van der Waals surface area (Å²) in [5.74, 6) is -1.49. The van der Waals surface area contributed by atoms with Crippen LogP contribution in [0.4, 0.5) is 33.3 Å². The summed E-state index contributed by atoms with van der Waals surface area (Å²) in [5, 5.41) is 2.64. The number of halogens is 5. The van der Waals surface area contributed by atoms with Crippen LogP contribution >= 0.6 is 0 Å². The monoisotopic (exact) mass is 302 g/mol. The summed E-state index contributed by atoms with van der Waals surface area (Å²) in [6.07, 6.45) is -4.57. The van der Waals surface area contributed by atoms with Gasteiger partial charge in [0, 0.05) is 29.5 Å². The second-order valence-electron chi connectivity index (χ2n) is 4.39. The predicted molar refractivity (Wildman–Crippen MR) is 69.5 cm³/mol. The quantitative estimate of drug-likeness (QED) is 0.659. The Balaban J connectivity index is 2.17. The Kier molecular flexibility index (Phi) is 4.02. The number of hydrogen-bond donors (Lipinski definition) is 2. The second-order valence-corrected chi connectivity index (χ2v) is 4.39. The van der Waals surface area contributed by atoms with Gasteiger partial charge in [-0.1, -0.05) is 6.07 Å². The van der Waals surface area contributed by atoms with Crippen molar-refractivity contribution in [2.75, 3.05) is 11.1 Å². The Labute approximate surface area is 117 Å². The molecule has 0 radical (unpaired) electrons. The molecule has 112 valence electrons. The third-order valence-corrected chi connectivity index (χ3v) is 2.86. The van der Waals surface area contributed by atoms with Crippen LogP contribution in [-0.2, 0) is 12.7 Å². The Bertz CT molecular complexity index is 652. The molecule has 0 bridgehead atoms. The maximum absolute atomic E-state index is 13.4. The fourth-order valence-corrected chi connectivity index (χ4v) is 1.77. The highest BCUT2D eigenvalue weighted by atomic mass is 19.4. The number of alkyl halides is 3. The average Bonchev–Trinajstić information content (AvgIpc) is 2.38. The summed E-state index contributed by atoms with van der Waals surface area (Å²) in [4.78, 5) is 0. The third kappa shape index (κ3) is 3.62. The van der Waals surface area contributed by atoms with Crippen LogP contribution in [-0.4, -0.2) is 0 Å². The Morgan fingerprint density at radius 3 is 2.33 bits per heavy atom. The van der Waals surface area contributed by atoms with Crippen LogP contribution in [0.2, 0.25) is 0 Å². The lowest BCUT2D eigenvalue weighted by atomic mass is 10.1. The molecule has 0 fully saturated rings. The number of nitrogens with one attached hydrogen (secondary N) is 1. The van der Waals surface area contributed by atoms with Gasteiger partial charge in [-0.2, -0.15) is 13.2 Å². The number of benzene rings is 2. The predicted octanol–water partition coefficient (Wildman–Crippen LogP) is 4.18. The first-order chi connectivity index (χ1) is 9.77. The highest BCUT2D eigenvalue weighted by Crippen LogP contribution is 2.35. The van der Waals surface area contributed by atoms with Crippen LogP contribution in [0, 0.1) is 11.6 Å². The molecule has 7 heteroatoms. The first-order valence-electron chi connectivity index (χ1n) is 5.92. The van der Waals surface area contributed by atoms with Crippen molar-refractivity contribution in [3.63, 3.8) is 0 Å². The van der Waals surface area contributed by atoms with Gasteiger partial charge in [-0.15, -0.1) is 0 Å². The van der Waals surface area contributed by atoms with Crippen molar-refractivity contribution in [3.8, 4) is 0 Å². The topological polar surface area (TPSA) is 38.0 Å². The van der Waals surface area contributed by atoms with Gasteiger partial charge in [0.15, 0.2) is 0 Å². The average molecular weight is 302 g/mol. The number of hydrogen-bond acceptors (Lipinski definition) is 2. The first-order valence-corrected chi connectivity index (χ1v) is 5.92. The normalized spacial score (nSPS) is 11.5. The van der Waals surface area contributed by atoms with E-state index in [1.807, 2.05) is 0 Å². The van der Waals surface area contributed by atoms with Crippen LogP contribution in [0.5, 0.6) is 0 Å². The van der Waals surface area contributed by atoms with Gasteiger partial charge in [-0.3, -0.25) is 0 Å². The lowest BCUT2D eigenvalue weighted by Crippen LogP contribution is -2.10. The summed E-state index contributed by atoms with van der Waals surface area (Å²) in [6, 6.07) is 6.32. The molecular formula is C14H11F5N2. The highest BCUT2D eigenvalue weighted by Gasteiger charge is 2.33. The molecule has 0 aliphatic heterocycles. The maximum Gasteiger partial charge on any atom is 0.418 e. The standard InChI is InChI=1S/C14H11F5N2/c15-9-2-1-8(12(16)5-9)7-21-10-3-4-13(20)11(6-10)14(17,18)19/h1-6,21H,7,20H2. The number of anilines is 2. The Hall–Kier alpha value is -2.31. The maximum atomic E-state index is 13.4. The van der Waals surface area contributed by atoms with E-state index in [1.54, 1.807) is 0 Å². The van der Waals surface area contributed by atoms with E-state index in [9.17, 15) is 22.0 Å². The summed E-state index contributed by atoms with van der Waals surface area (Å²) in [5.41, 5.74) is 4.20. The molecule has 0 amide bonds. The van der Waals surface area contributed by atoms with Crippen molar-refractivity contribution in [1.82, 2.24) is 0 Å². The van der Waals surface area contributed by atoms with Gasteiger partial charge >= 0.3 is 6.18 Å². The van der Waals surface area contributed by atoms with E-state index in [0.717, 1.165) is 18.2 Å². The summed E-state index contributed by atoms with van der Waals surface area (Å²) < 4.78 is 64.2. The molecule has 0 saturated heterocycles. The highest BCUT2D eigenvalue weighted by molar-refractivity contribution is 5.58. The van der Waals surface area contributed by atoms with Gasteiger partial charge in [-0.25, -0.2) is 8.78 Å². The lowest BCUT2D eigenvalue weighted by molar-refractivity contribution is -0.136. The molecule has 0 aliphatic rings. The van der Waals surface area contributed by atoms with E-state index in [2.05, 4.69) is 5.32 Å². The van der Waals surface area contributed by atoms with Crippen LogP contribution in [0.3, 0.4) is 0 Å². The molecule has 2 nitrogen and oxygen atoms in total. The zero-order chi connectivity index (χ0) is 15.6. The molecule has 0 unspecified atom stereocenters. The van der Waals surface area contributed by atoms with Gasteiger partial charge < -0.3 is 11.1 Å². The van der Waals surface area contributed by atoms with Crippen molar-refractivity contribution in [2.24, 2.45) is 0 Å². The van der Waals surface area contributed by atoms with Crippen LogP contribution in [0.15, 0.2) is 36.4 Å². The van der Waals surface area contributed by atoms with Crippen LogP contribution < -0.4 is 11.1 Å². The van der Waals surface area contributed by atoms with E-state index in [4.69, 9.17) is 5.73 Å². The van der Waals surface area contributed by atoms with Crippen molar-refractivity contribution >= 4 is 11.4 Å². The summed E-state index contributed by atoms with van der Waals surface area (Å²) in [6.45, 7) is -0.0761. The zero-order valence-electron chi connectivity index (χ0n) is 10.6. The van der Waals surface area contributed by atoms with Gasteiger partial charge in [0.25, 0.3) is 0 Å². The molecule has 0 saturated carbocycles. The SMILES string of the molecule is Nc1ccc(NCc2ccc(F)cc2F)cc1C(F)(F)F. The zero-order valence-corrected chi connectivity index (χ0v) is 10.6. The van der Waals surface area contributed by atoms with Crippen molar-refractivity contribution < 1.29 is 22.0 Å². The summed E-state index contributed by atoms with van der Waals surface area (Å²) in [7, 11) is 0. The molecule has 2 rings (SSSR count). The summed E-state index contributed by atoms with van der Waals surface area (Å²) >= 11 is 0. The number of nitrogen functional groups attached to an aromatic ring is 1. The van der Waals surface area contributed by atoms with Crippen LogP contribution in [0.25, 0.3) is 0 Å². The molecule has 21 heavy (non-hydrogen) atoms. The second kappa shape index (κ2) is 5.59. The molecule has 0 spiro atoms. The minimum absolute atomic E-state index is 0.0761. The molecule has 0 aliphatic carbocycles. The van der Waals surface area contributed by atoms with Crippen molar-refractivity contribution in [1.29, 1.82) is 0 Å². The molecule has 2 aromatic carbocycles. The van der Waals surface area contributed by atoms with Gasteiger partial charge in [0.05, 0.1) is 5.56 Å². The lowest BCUT2D eigenvalue weighted by Gasteiger charge is -2.13. The molecule has 0 heterocycles. The fraction of sp³-hybridized carbons (Fsp3) is 0.143. The minimum Gasteiger partial charge on any atom is -0.398 e. The van der Waals surface area contributed by atoms with E-state index in [-0.39, 0.29) is 23.5 Å². The van der Waals surface area contributed by atoms with Gasteiger partial charge in [-0.05, 0) is 24.3 Å². The van der Waals surface area contributed by atoms with E-state index in [1.165, 1.54) is 12.1 Å². The third-order valence-electron chi connectivity index (χ3n) is 2.86. The van der Waals surface area contributed by atoms with Crippen molar-refractivity contribution in [3.05, 3.63) is 59.2 Å². The largest absolute Gasteiger partial charge is 0.418 e. The van der Waals surface area contributed by atoms with E-state index < -0.39 is 23.4 Å². The fourth-order valence-electron chi connectivity index (χ4n) is 1.77. The van der Waals surface area contributed by atoms with Crippen molar-refractivity contribution in [2.45, 2.75) is 12.7 Å². The van der Waals surface area contributed by atoms with Gasteiger partial charge in [0.2, 0.25) is 0 Å². The van der Waals surface area contributed by atoms with E-state index >= 15 is 0 Å². The minimum atomic E-state index is -4.57. The molecule has 2 aromatic rings. The molecular weight excluding hydrogens is 291 g/mol. The Morgan fingerprint density at radius 1 is 1.00 bits per heavy atom. The van der Waals surface area contributed by atoms with Crippen LogP contribution in [0.1, 0.15) is 11.1 Å². The molecule has 0 aromatic heterocycles. The van der Waals surface area contributed by atoms with E-state index in [0.29, 0.717) is 6.07 Å². The number of rotatable bonds is 3. The molecule has 0 atom stereocenters. The number of nitrogens with two attached hydrogens (primary N) is 1. The Morgan fingerprint density at radius 2 is 1.71 bits per heavy atom. The van der Waals surface area contributed by atoms with Gasteiger partial charge in [0.1, 0.15) is 11.6 Å². The molecule has 3 N–H and O–H groups in total. The smallest absolute Gasteiger partial charge is 0.398 e. The first kappa shape index (κ1) is 15.1.